The van der Waals surface area contributed by atoms with Crippen molar-refractivity contribution in [1.29, 1.82) is 0 Å². The molecule has 0 saturated heterocycles. The molecule has 0 heterocycles. The average Bonchev–Trinajstić information content (AvgIpc) is 1.59. The summed E-state index contributed by atoms with van der Waals surface area (Å²) < 4.78 is 57.6. The number of nitrogens with zero attached hydrogens (tertiary/aromatic N) is 1. The molecule has 62 valence electrons. The van der Waals surface area contributed by atoms with E-state index in [0.29, 0.717) is 0 Å². The van der Waals surface area contributed by atoms with Crippen molar-refractivity contribution >= 4 is 15.9 Å². The lowest BCUT2D eigenvalue weighted by atomic mass is 10.8. The third-order valence-electron chi connectivity index (χ3n) is 0.761. The Hall–Kier alpha value is 0.0900. The van der Waals surface area contributed by atoms with Gasteiger partial charge in [-0.25, -0.2) is 0 Å². The van der Waals surface area contributed by atoms with E-state index < -0.39 is 16.2 Å². The van der Waals surface area contributed by atoms with Gasteiger partial charge in [0.2, 0.25) is 0 Å². The van der Waals surface area contributed by atoms with Gasteiger partial charge in [0.05, 0.1) is 0 Å². The van der Waals surface area contributed by atoms with E-state index in [0.717, 1.165) is 0 Å². The SMILES string of the molecule is CN(C(F)(F)F)C(F)(F)Br. The molecule has 0 amide bonds. The molecule has 0 bridgehead atoms. The summed E-state index contributed by atoms with van der Waals surface area (Å²) >= 11 is 1.55. The highest BCUT2D eigenvalue weighted by Crippen LogP contribution is 2.34. The summed E-state index contributed by atoms with van der Waals surface area (Å²) in [7, 11) is 0.245. The van der Waals surface area contributed by atoms with Crippen molar-refractivity contribution in [3.63, 3.8) is 0 Å². The van der Waals surface area contributed by atoms with Gasteiger partial charge in [0, 0.05) is 23.0 Å². The van der Waals surface area contributed by atoms with Gasteiger partial charge < -0.3 is 0 Å². The lowest BCUT2D eigenvalue weighted by Crippen LogP contribution is -2.43. The number of hydrogen-bond acceptors (Lipinski definition) is 1. The molecule has 0 aromatic carbocycles. The fourth-order valence-electron chi connectivity index (χ4n) is 0.144. The van der Waals surface area contributed by atoms with Crippen molar-refractivity contribution in [3.8, 4) is 0 Å². The topological polar surface area (TPSA) is 3.24 Å². The van der Waals surface area contributed by atoms with E-state index in [9.17, 15) is 22.0 Å². The van der Waals surface area contributed by atoms with Gasteiger partial charge in [-0.2, -0.15) is 22.0 Å². The van der Waals surface area contributed by atoms with Gasteiger partial charge >= 0.3 is 11.3 Å². The maximum absolute atomic E-state index is 11.7. The van der Waals surface area contributed by atoms with Crippen molar-refractivity contribution in [3.05, 3.63) is 0 Å². The van der Waals surface area contributed by atoms with E-state index in [1.807, 2.05) is 0 Å². The molecule has 0 rings (SSSR count). The van der Waals surface area contributed by atoms with Crippen LogP contribution in [0.5, 0.6) is 0 Å². The van der Waals surface area contributed by atoms with Crippen LogP contribution in [0.1, 0.15) is 0 Å². The van der Waals surface area contributed by atoms with Crippen molar-refractivity contribution in [2.24, 2.45) is 0 Å². The minimum absolute atomic E-state index is 0.245. The molecule has 7 heteroatoms. The standard InChI is InChI=1S/C3H3BrF5N/c1-10(2(4,5)6)3(7,8)9/h1H3. The molecule has 10 heavy (non-hydrogen) atoms. The van der Waals surface area contributed by atoms with E-state index in [4.69, 9.17) is 0 Å². The Bertz CT molecular complexity index is 101. The maximum atomic E-state index is 11.7. The molecular formula is C3H3BrF5N. The molecule has 0 atom stereocenters. The highest BCUT2D eigenvalue weighted by Gasteiger charge is 2.48. The summed E-state index contributed by atoms with van der Waals surface area (Å²) in [5.41, 5.74) is 0. The summed E-state index contributed by atoms with van der Waals surface area (Å²) in [6.45, 7) is 0. The first kappa shape index (κ1) is 10.1. The fourth-order valence-corrected chi connectivity index (χ4v) is 0.345. The second-order valence-corrected chi connectivity index (χ2v) is 2.45. The normalized spacial score (nSPS) is 14.4. The van der Waals surface area contributed by atoms with Crippen LogP contribution in [-0.4, -0.2) is 23.2 Å². The minimum atomic E-state index is -5.02. The molecule has 0 aromatic rings. The van der Waals surface area contributed by atoms with Crippen LogP contribution in [-0.2, 0) is 0 Å². The zero-order valence-corrected chi connectivity index (χ0v) is 6.30. The second-order valence-electron chi connectivity index (χ2n) is 1.49. The summed E-state index contributed by atoms with van der Waals surface area (Å²) in [5.74, 6) is 0. The molecule has 0 aliphatic rings. The Labute approximate surface area is 61.9 Å². The number of hydrogen-bond donors (Lipinski definition) is 0. The number of rotatable bonds is 1. The van der Waals surface area contributed by atoms with Crippen LogP contribution in [0.2, 0.25) is 0 Å². The molecule has 0 saturated carbocycles. The third-order valence-corrected chi connectivity index (χ3v) is 1.29. The Morgan fingerprint density at radius 3 is 1.40 bits per heavy atom. The van der Waals surface area contributed by atoms with Gasteiger partial charge in [0.15, 0.2) is 0 Å². The Morgan fingerprint density at radius 2 is 1.40 bits per heavy atom. The van der Waals surface area contributed by atoms with E-state index >= 15 is 0 Å². The van der Waals surface area contributed by atoms with E-state index in [1.54, 1.807) is 15.9 Å². The minimum Gasteiger partial charge on any atom is -0.177 e. The van der Waals surface area contributed by atoms with Crippen molar-refractivity contribution in [2.45, 2.75) is 11.3 Å². The quantitative estimate of drug-likeness (QED) is 0.378. The summed E-state index contributed by atoms with van der Waals surface area (Å²) in [4.78, 5) is -5.08. The number of alkyl halides is 6. The number of halogens is 6. The predicted octanol–water partition coefficient (Wildman–Crippen LogP) is 2.38. The van der Waals surface area contributed by atoms with Crippen LogP contribution in [0.4, 0.5) is 22.0 Å². The van der Waals surface area contributed by atoms with Crippen LogP contribution in [0, 0.1) is 0 Å². The molecular weight excluding hydrogens is 225 g/mol. The van der Waals surface area contributed by atoms with Gasteiger partial charge in [-0.05, 0) is 0 Å². The fraction of sp³-hybridized carbons (Fsp3) is 1.00. The Balaban J connectivity index is 4.23. The average molecular weight is 228 g/mol. The van der Waals surface area contributed by atoms with E-state index in [-0.39, 0.29) is 7.05 Å². The molecule has 0 fully saturated rings. The van der Waals surface area contributed by atoms with Crippen molar-refractivity contribution in [2.75, 3.05) is 7.05 Å². The third kappa shape index (κ3) is 2.78. The van der Waals surface area contributed by atoms with Crippen molar-refractivity contribution in [1.82, 2.24) is 4.90 Å². The molecule has 1 nitrogen and oxygen atoms in total. The lowest BCUT2D eigenvalue weighted by Gasteiger charge is -2.23. The molecule has 0 aliphatic heterocycles. The maximum Gasteiger partial charge on any atom is 0.465 e. The monoisotopic (exact) mass is 227 g/mol. The smallest absolute Gasteiger partial charge is 0.177 e. The highest BCUT2D eigenvalue weighted by molar-refractivity contribution is 9.09. The summed E-state index contributed by atoms with van der Waals surface area (Å²) in [6, 6.07) is 0. The summed E-state index contributed by atoms with van der Waals surface area (Å²) in [6.07, 6.45) is -5.02. The Morgan fingerprint density at radius 1 is 1.10 bits per heavy atom. The first-order valence-electron chi connectivity index (χ1n) is 2.03. The van der Waals surface area contributed by atoms with Gasteiger partial charge in [-0.1, -0.05) is 0 Å². The highest BCUT2D eigenvalue weighted by atomic mass is 79.9. The molecule has 0 aliphatic carbocycles. The molecule has 0 unspecified atom stereocenters. The zero-order valence-electron chi connectivity index (χ0n) is 4.72. The first-order chi connectivity index (χ1) is 4.15. The van der Waals surface area contributed by atoms with Crippen LogP contribution in [0.15, 0.2) is 0 Å². The largest absolute Gasteiger partial charge is 0.465 e. The second kappa shape index (κ2) is 2.61. The van der Waals surface area contributed by atoms with Crippen molar-refractivity contribution < 1.29 is 22.0 Å². The van der Waals surface area contributed by atoms with Crippen LogP contribution in [0.25, 0.3) is 0 Å². The lowest BCUT2D eigenvalue weighted by molar-refractivity contribution is -0.291. The predicted molar refractivity (Wildman–Crippen MR) is 27.7 cm³/mol. The zero-order chi connectivity index (χ0) is 8.58. The van der Waals surface area contributed by atoms with Crippen LogP contribution in [0.3, 0.4) is 0 Å². The molecule has 0 spiro atoms. The molecule has 0 N–H and O–H groups in total. The van der Waals surface area contributed by atoms with Gasteiger partial charge in [-0.3, -0.25) is 0 Å². The molecule has 0 radical (unpaired) electrons. The summed E-state index contributed by atoms with van der Waals surface area (Å²) in [5, 5.41) is 0. The van der Waals surface area contributed by atoms with Gasteiger partial charge in [-0.15, -0.1) is 4.90 Å². The van der Waals surface area contributed by atoms with Gasteiger partial charge in [0.1, 0.15) is 0 Å². The van der Waals surface area contributed by atoms with Gasteiger partial charge in [0.25, 0.3) is 0 Å². The van der Waals surface area contributed by atoms with Crippen LogP contribution >= 0.6 is 15.9 Å². The Kier molecular flexibility index (Phi) is 2.64. The van der Waals surface area contributed by atoms with E-state index in [1.165, 1.54) is 0 Å². The molecule has 0 aromatic heterocycles. The van der Waals surface area contributed by atoms with Crippen LogP contribution < -0.4 is 0 Å². The van der Waals surface area contributed by atoms with E-state index in [2.05, 4.69) is 0 Å². The first-order valence-corrected chi connectivity index (χ1v) is 2.82.